The van der Waals surface area contributed by atoms with Gasteiger partial charge in [-0.15, -0.1) is 22.0 Å². The van der Waals surface area contributed by atoms with E-state index in [1.165, 1.54) is 5.56 Å². The summed E-state index contributed by atoms with van der Waals surface area (Å²) in [6, 6.07) is 10.3. The molecule has 1 aromatic carbocycles. The first-order valence-electron chi connectivity index (χ1n) is 6.19. The van der Waals surface area contributed by atoms with Crippen LogP contribution in [-0.2, 0) is 15.6 Å². The maximum Gasteiger partial charge on any atom is 0.232 e. The average Bonchev–Trinajstić information content (AvgIpc) is 2.89. The molecule has 1 heterocycles. The van der Waals surface area contributed by atoms with Gasteiger partial charge in [0.15, 0.2) is 0 Å². The molecule has 7 heteroatoms. The molecule has 0 aliphatic heterocycles. The van der Waals surface area contributed by atoms with Crippen molar-refractivity contribution in [3.05, 3.63) is 40.9 Å². The van der Waals surface area contributed by atoms with Gasteiger partial charge in [0, 0.05) is 17.3 Å². The van der Waals surface area contributed by atoms with E-state index in [9.17, 15) is 8.42 Å². The van der Waals surface area contributed by atoms with Crippen LogP contribution in [0.1, 0.15) is 29.2 Å². The number of rotatable bonds is 6. The molecule has 2 rings (SSSR count). The van der Waals surface area contributed by atoms with Crippen LogP contribution in [0.3, 0.4) is 0 Å². The van der Waals surface area contributed by atoms with Crippen molar-refractivity contribution < 1.29 is 8.42 Å². The van der Waals surface area contributed by atoms with E-state index in [1.807, 2.05) is 18.2 Å². The molecule has 20 heavy (non-hydrogen) atoms. The Morgan fingerprint density at radius 3 is 2.50 bits per heavy atom. The molecule has 0 spiro atoms. The predicted molar refractivity (Wildman–Crippen MR) is 83.8 cm³/mol. The van der Waals surface area contributed by atoms with Crippen molar-refractivity contribution in [3.8, 4) is 0 Å². The van der Waals surface area contributed by atoms with Crippen LogP contribution < -0.4 is 0 Å². The molecular formula is C13H16N2O2S3. The highest BCUT2D eigenvalue weighted by atomic mass is 32.2. The number of thioether (sulfide) groups is 1. The SMILES string of the molecule is CC[C@H](SCc1nnc(S(C)(=O)=O)s1)c1ccccc1. The minimum absolute atomic E-state index is 0.0980. The molecule has 1 atom stereocenters. The molecule has 0 N–H and O–H groups in total. The molecule has 0 saturated heterocycles. The maximum atomic E-state index is 11.4. The number of hydrogen-bond acceptors (Lipinski definition) is 6. The molecule has 0 fully saturated rings. The van der Waals surface area contributed by atoms with Crippen molar-refractivity contribution in [2.45, 2.75) is 28.7 Å². The van der Waals surface area contributed by atoms with Gasteiger partial charge >= 0.3 is 0 Å². The largest absolute Gasteiger partial charge is 0.232 e. The standard InChI is InChI=1S/C13H16N2O2S3/c1-3-11(10-7-5-4-6-8-10)18-9-12-14-15-13(19-12)20(2,16)17/h4-8,11H,3,9H2,1-2H3/t11-/m0/s1. The second kappa shape index (κ2) is 6.69. The Labute approximate surface area is 127 Å². The van der Waals surface area contributed by atoms with E-state index in [0.717, 1.165) is 29.0 Å². The van der Waals surface area contributed by atoms with Crippen molar-refractivity contribution in [2.75, 3.05) is 6.26 Å². The van der Waals surface area contributed by atoms with Crippen molar-refractivity contribution >= 4 is 32.9 Å². The zero-order valence-electron chi connectivity index (χ0n) is 11.3. The van der Waals surface area contributed by atoms with E-state index in [1.54, 1.807) is 11.8 Å². The summed E-state index contributed by atoms with van der Waals surface area (Å²) in [5.74, 6) is 0.681. The third-order valence-electron chi connectivity index (χ3n) is 2.72. The van der Waals surface area contributed by atoms with Gasteiger partial charge in [0.1, 0.15) is 5.01 Å². The zero-order chi connectivity index (χ0) is 14.6. The number of hydrogen-bond donors (Lipinski definition) is 0. The minimum Gasteiger partial charge on any atom is -0.221 e. The lowest BCUT2D eigenvalue weighted by Crippen LogP contribution is -1.95. The Kier molecular flexibility index (Phi) is 5.17. The van der Waals surface area contributed by atoms with Crippen LogP contribution in [-0.4, -0.2) is 24.9 Å². The average molecular weight is 328 g/mol. The first-order chi connectivity index (χ1) is 9.50. The van der Waals surface area contributed by atoms with Crippen molar-refractivity contribution in [1.29, 1.82) is 0 Å². The Morgan fingerprint density at radius 2 is 1.95 bits per heavy atom. The highest BCUT2D eigenvalue weighted by Gasteiger charge is 2.16. The lowest BCUT2D eigenvalue weighted by atomic mass is 10.1. The quantitative estimate of drug-likeness (QED) is 0.814. The first-order valence-corrected chi connectivity index (χ1v) is 9.95. The van der Waals surface area contributed by atoms with Crippen LogP contribution in [0.2, 0.25) is 0 Å². The fraction of sp³-hybridized carbons (Fsp3) is 0.385. The first kappa shape index (κ1) is 15.5. The Hall–Kier alpha value is -0.920. The summed E-state index contributed by atoms with van der Waals surface area (Å²) in [5.41, 5.74) is 1.29. The van der Waals surface area contributed by atoms with E-state index < -0.39 is 9.84 Å². The van der Waals surface area contributed by atoms with Gasteiger partial charge in [-0.3, -0.25) is 0 Å². The molecule has 4 nitrogen and oxygen atoms in total. The molecule has 2 aromatic rings. The number of nitrogens with zero attached hydrogens (tertiary/aromatic N) is 2. The summed E-state index contributed by atoms with van der Waals surface area (Å²) in [7, 11) is -3.24. The van der Waals surface area contributed by atoms with Gasteiger partial charge in [-0.2, -0.15) is 0 Å². The van der Waals surface area contributed by atoms with E-state index in [-0.39, 0.29) is 4.34 Å². The van der Waals surface area contributed by atoms with Crippen molar-refractivity contribution in [1.82, 2.24) is 10.2 Å². The monoisotopic (exact) mass is 328 g/mol. The van der Waals surface area contributed by atoms with Crippen LogP contribution in [0, 0.1) is 0 Å². The van der Waals surface area contributed by atoms with E-state index in [2.05, 4.69) is 29.3 Å². The van der Waals surface area contributed by atoms with E-state index >= 15 is 0 Å². The molecule has 1 aromatic heterocycles. The van der Waals surface area contributed by atoms with Crippen LogP contribution in [0.25, 0.3) is 0 Å². The van der Waals surface area contributed by atoms with E-state index in [4.69, 9.17) is 0 Å². The second-order valence-electron chi connectivity index (χ2n) is 4.35. The summed E-state index contributed by atoms with van der Waals surface area (Å²) in [4.78, 5) is 0. The summed E-state index contributed by atoms with van der Waals surface area (Å²) in [6.45, 7) is 2.15. The van der Waals surface area contributed by atoms with Crippen LogP contribution in [0.4, 0.5) is 0 Å². The third-order valence-corrected chi connectivity index (χ3v) is 6.94. The lowest BCUT2D eigenvalue weighted by Gasteiger charge is -2.13. The van der Waals surface area contributed by atoms with Gasteiger partial charge in [-0.25, -0.2) is 8.42 Å². The predicted octanol–water partition coefficient (Wildman–Crippen LogP) is 3.33. The number of sulfone groups is 1. The molecule has 0 saturated carbocycles. The summed E-state index contributed by atoms with van der Waals surface area (Å²) in [5, 5.41) is 8.83. The maximum absolute atomic E-state index is 11.4. The normalized spacial score (nSPS) is 13.3. The lowest BCUT2D eigenvalue weighted by molar-refractivity contribution is 0.600. The molecule has 0 bridgehead atoms. The number of benzene rings is 1. The zero-order valence-corrected chi connectivity index (χ0v) is 13.8. The van der Waals surface area contributed by atoms with E-state index in [0.29, 0.717) is 11.0 Å². The molecule has 108 valence electrons. The molecular weight excluding hydrogens is 312 g/mol. The van der Waals surface area contributed by atoms with Gasteiger partial charge < -0.3 is 0 Å². The van der Waals surface area contributed by atoms with Crippen LogP contribution in [0.5, 0.6) is 0 Å². The van der Waals surface area contributed by atoms with Crippen LogP contribution in [0.15, 0.2) is 34.7 Å². The van der Waals surface area contributed by atoms with Gasteiger partial charge in [-0.1, -0.05) is 48.6 Å². The van der Waals surface area contributed by atoms with Gasteiger partial charge in [0.05, 0.1) is 0 Å². The molecule has 0 aliphatic carbocycles. The summed E-state index contributed by atoms with van der Waals surface area (Å²) >= 11 is 2.92. The number of aromatic nitrogens is 2. The Bertz CT molecular complexity index is 653. The molecule has 0 radical (unpaired) electrons. The van der Waals surface area contributed by atoms with Gasteiger partial charge in [0.25, 0.3) is 0 Å². The van der Waals surface area contributed by atoms with Gasteiger partial charge in [0.2, 0.25) is 14.2 Å². The molecule has 0 unspecified atom stereocenters. The Morgan fingerprint density at radius 1 is 1.25 bits per heavy atom. The fourth-order valence-electron chi connectivity index (χ4n) is 1.74. The molecule has 0 aliphatic rings. The van der Waals surface area contributed by atoms with Crippen molar-refractivity contribution in [3.63, 3.8) is 0 Å². The highest BCUT2D eigenvalue weighted by Crippen LogP contribution is 2.34. The smallest absolute Gasteiger partial charge is 0.221 e. The second-order valence-corrected chi connectivity index (χ2v) is 8.80. The summed E-state index contributed by atoms with van der Waals surface area (Å²) in [6.07, 6.45) is 2.18. The fourth-order valence-corrected chi connectivity index (χ4v) is 4.61. The third kappa shape index (κ3) is 4.04. The molecule has 0 amide bonds. The summed E-state index contributed by atoms with van der Waals surface area (Å²) < 4.78 is 22.8. The van der Waals surface area contributed by atoms with Crippen molar-refractivity contribution in [2.24, 2.45) is 0 Å². The van der Waals surface area contributed by atoms with Crippen LogP contribution >= 0.6 is 23.1 Å². The van der Waals surface area contributed by atoms with Gasteiger partial charge in [-0.05, 0) is 12.0 Å². The highest BCUT2D eigenvalue weighted by molar-refractivity contribution is 7.98. The Balaban J connectivity index is 2.02. The minimum atomic E-state index is -3.24. The topological polar surface area (TPSA) is 59.9 Å².